The first kappa shape index (κ1) is 15.5. The first-order valence-corrected chi connectivity index (χ1v) is 8.21. The van der Waals surface area contributed by atoms with Crippen molar-refractivity contribution in [1.82, 2.24) is 15.6 Å². The summed E-state index contributed by atoms with van der Waals surface area (Å²) < 4.78 is 0. The monoisotopic (exact) mass is 338 g/mol. The molecule has 3 aliphatic rings. The average Bonchev–Trinajstić information content (AvgIpc) is 2.52. The number of phenolic OH excluding ortho intramolecular Hbond substituents is 1. The molecular weight excluding hydrogens is 320 g/mol. The number of hydrogen-bond acceptors (Lipinski definition) is 4. The Morgan fingerprint density at radius 1 is 1.41 bits per heavy atom. The van der Waals surface area contributed by atoms with Gasteiger partial charge in [0.2, 0.25) is 0 Å². The van der Waals surface area contributed by atoms with Crippen LogP contribution in [0.15, 0.2) is 23.3 Å². The highest BCUT2D eigenvalue weighted by Gasteiger charge is 2.34. The minimum Gasteiger partial charge on any atom is -0.507 e. The minimum absolute atomic E-state index is 0.131. The van der Waals surface area contributed by atoms with Crippen molar-refractivity contribution in [3.8, 4) is 5.75 Å². The van der Waals surface area contributed by atoms with Gasteiger partial charge >= 0.3 is 0 Å². The summed E-state index contributed by atoms with van der Waals surface area (Å²) in [5, 5.41) is 18.2. The van der Waals surface area contributed by atoms with Crippen molar-refractivity contribution in [3.63, 3.8) is 0 Å². The van der Waals surface area contributed by atoms with Gasteiger partial charge in [0, 0.05) is 23.2 Å². The zero-order chi connectivity index (χ0) is 15.5. The number of aromatic hydroxyl groups is 1. The number of rotatable bonds is 3. The molecule has 4 rings (SSSR count). The Balaban J connectivity index is 1.52. The maximum atomic E-state index is 9.70. The normalized spacial score (nSPS) is 27.0. The van der Waals surface area contributed by atoms with Crippen molar-refractivity contribution < 1.29 is 5.11 Å². The van der Waals surface area contributed by atoms with E-state index in [0.29, 0.717) is 27.7 Å². The molecule has 22 heavy (non-hydrogen) atoms. The third-order valence-corrected chi connectivity index (χ3v) is 4.78. The summed E-state index contributed by atoms with van der Waals surface area (Å²) in [7, 11) is 0. The van der Waals surface area contributed by atoms with Crippen molar-refractivity contribution in [3.05, 3.63) is 28.8 Å². The van der Waals surface area contributed by atoms with Crippen LogP contribution in [-0.2, 0) is 0 Å². The number of nitrogens with one attached hydrogen (secondary N) is 2. The molecule has 0 spiro atoms. The SMILES string of the molecule is Oc1ccc(Cl)cc1C=NNC(=S)NC1CN2CCC1CC2. The van der Waals surface area contributed by atoms with Gasteiger partial charge in [-0.15, -0.1) is 0 Å². The van der Waals surface area contributed by atoms with Gasteiger partial charge in [-0.2, -0.15) is 5.10 Å². The molecule has 0 aromatic heterocycles. The van der Waals surface area contributed by atoms with Gasteiger partial charge in [0.15, 0.2) is 5.11 Å². The number of nitrogens with zero attached hydrogens (tertiary/aromatic N) is 2. The fourth-order valence-electron chi connectivity index (χ4n) is 3.12. The van der Waals surface area contributed by atoms with Crippen LogP contribution in [-0.4, -0.2) is 47.0 Å². The van der Waals surface area contributed by atoms with Gasteiger partial charge in [-0.25, -0.2) is 0 Å². The fourth-order valence-corrected chi connectivity index (χ4v) is 3.50. The Labute approximate surface area is 140 Å². The van der Waals surface area contributed by atoms with Gasteiger partial charge in [0.25, 0.3) is 0 Å². The van der Waals surface area contributed by atoms with E-state index in [9.17, 15) is 5.11 Å². The quantitative estimate of drug-likeness (QED) is 0.447. The summed E-state index contributed by atoms with van der Waals surface area (Å²) in [6, 6.07) is 5.21. The van der Waals surface area contributed by atoms with Crippen LogP contribution in [0.2, 0.25) is 5.02 Å². The Morgan fingerprint density at radius 2 is 2.18 bits per heavy atom. The Bertz CT molecular complexity index is 587. The molecule has 0 aliphatic carbocycles. The molecule has 1 aromatic rings. The van der Waals surface area contributed by atoms with Crippen molar-refractivity contribution in [2.45, 2.75) is 18.9 Å². The van der Waals surface area contributed by atoms with Gasteiger partial charge in [-0.1, -0.05) is 11.6 Å². The fraction of sp³-hybridized carbons (Fsp3) is 0.467. The maximum absolute atomic E-state index is 9.70. The third-order valence-electron chi connectivity index (χ3n) is 4.33. The molecule has 0 amide bonds. The number of fused-ring (bicyclic) bond motifs is 3. The van der Waals surface area contributed by atoms with E-state index in [0.717, 1.165) is 6.54 Å². The molecular formula is C15H19ClN4OS. The number of halogens is 1. The smallest absolute Gasteiger partial charge is 0.187 e. The highest BCUT2D eigenvalue weighted by Crippen LogP contribution is 2.27. The summed E-state index contributed by atoms with van der Waals surface area (Å²) >= 11 is 11.2. The van der Waals surface area contributed by atoms with Crippen molar-refractivity contribution in [1.29, 1.82) is 0 Å². The molecule has 0 saturated carbocycles. The third kappa shape index (κ3) is 3.69. The Kier molecular flexibility index (Phi) is 4.81. The summed E-state index contributed by atoms with van der Waals surface area (Å²) in [6.45, 7) is 3.45. The second-order valence-electron chi connectivity index (χ2n) is 5.79. The van der Waals surface area contributed by atoms with Crippen LogP contribution in [0.3, 0.4) is 0 Å². The molecule has 3 heterocycles. The number of benzene rings is 1. The molecule has 5 nitrogen and oxygen atoms in total. The van der Waals surface area contributed by atoms with Gasteiger partial charge in [0.05, 0.1) is 6.21 Å². The molecule has 3 saturated heterocycles. The van der Waals surface area contributed by atoms with E-state index in [1.165, 1.54) is 38.2 Å². The lowest BCUT2D eigenvalue weighted by molar-refractivity contribution is 0.0812. The maximum Gasteiger partial charge on any atom is 0.187 e. The highest BCUT2D eigenvalue weighted by atomic mass is 35.5. The van der Waals surface area contributed by atoms with E-state index in [4.69, 9.17) is 23.8 Å². The zero-order valence-corrected chi connectivity index (χ0v) is 13.7. The lowest BCUT2D eigenvalue weighted by atomic mass is 9.84. The number of thiocarbonyl (C=S) groups is 1. The second kappa shape index (κ2) is 6.81. The molecule has 0 radical (unpaired) electrons. The zero-order valence-electron chi connectivity index (χ0n) is 12.1. The van der Waals surface area contributed by atoms with E-state index >= 15 is 0 Å². The number of piperidine rings is 3. The first-order chi connectivity index (χ1) is 10.6. The topological polar surface area (TPSA) is 59.9 Å². The van der Waals surface area contributed by atoms with Crippen LogP contribution in [0.25, 0.3) is 0 Å². The molecule has 1 aromatic carbocycles. The van der Waals surface area contributed by atoms with Crippen molar-refractivity contribution >= 4 is 35.1 Å². The molecule has 3 aliphatic heterocycles. The van der Waals surface area contributed by atoms with Crippen LogP contribution in [0.1, 0.15) is 18.4 Å². The number of hydrazone groups is 1. The van der Waals surface area contributed by atoms with Crippen molar-refractivity contribution in [2.24, 2.45) is 11.0 Å². The van der Waals surface area contributed by atoms with Gasteiger partial charge in [0.1, 0.15) is 5.75 Å². The first-order valence-electron chi connectivity index (χ1n) is 7.42. The van der Waals surface area contributed by atoms with E-state index in [2.05, 4.69) is 20.7 Å². The highest BCUT2D eigenvalue weighted by molar-refractivity contribution is 7.80. The van der Waals surface area contributed by atoms with Crippen molar-refractivity contribution in [2.75, 3.05) is 19.6 Å². The minimum atomic E-state index is 0.131. The van der Waals surface area contributed by atoms with Crippen LogP contribution in [0.4, 0.5) is 0 Å². The van der Waals surface area contributed by atoms with Gasteiger partial charge in [-0.3, -0.25) is 5.43 Å². The molecule has 2 bridgehead atoms. The molecule has 1 unspecified atom stereocenters. The van der Waals surface area contributed by atoms with E-state index < -0.39 is 0 Å². The molecule has 1 atom stereocenters. The van der Waals surface area contributed by atoms with Crippen LogP contribution in [0, 0.1) is 5.92 Å². The molecule has 118 valence electrons. The lowest BCUT2D eigenvalue weighted by Gasteiger charge is -2.45. The Hall–Kier alpha value is -1.37. The predicted molar refractivity (Wildman–Crippen MR) is 92.5 cm³/mol. The van der Waals surface area contributed by atoms with Crippen LogP contribution >= 0.6 is 23.8 Å². The lowest BCUT2D eigenvalue weighted by Crippen LogP contribution is -2.58. The standard InChI is InChI=1S/C15H19ClN4OS/c16-12-1-2-14(21)11(7-12)8-17-19-15(22)18-13-9-20-5-3-10(13)4-6-20/h1-2,7-8,10,13,21H,3-6,9H2,(H2,18,19,22). The number of hydrogen-bond donors (Lipinski definition) is 3. The van der Waals surface area contributed by atoms with E-state index in [1.54, 1.807) is 12.1 Å². The van der Waals surface area contributed by atoms with Gasteiger partial charge in [-0.05, 0) is 62.3 Å². The summed E-state index contributed by atoms with van der Waals surface area (Å²) in [5.74, 6) is 0.830. The van der Waals surface area contributed by atoms with E-state index in [-0.39, 0.29) is 5.75 Å². The summed E-state index contributed by atoms with van der Waals surface area (Å²) in [6.07, 6.45) is 3.98. The van der Waals surface area contributed by atoms with E-state index in [1.807, 2.05) is 0 Å². The largest absolute Gasteiger partial charge is 0.507 e. The molecule has 7 heteroatoms. The second-order valence-corrected chi connectivity index (χ2v) is 6.64. The Morgan fingerprint density at radius 3 is 2.86 bits per heavy atom. The van der Waals surface area contributed by atoms with Crippen LogP contribution < -0.4 is 10.7 Å². The average molecular weight is 339 g/mol. The van der Waals surface area contributed by atoms with Crippen LogP contribution in [0.5, 0.6) is 5.75 Å². The summed E-state index contributed by atoms with van der Waals surface area (Å²) in [5.41, 5.74) is 3.35. The summed E-state index contributed by atoms with van der Waals surface area (Å²) in [4.78, 5) is 2.47. The molecule has 3 N–H and O–H groups in total. The predicted octanol–water partition coefficient (Wildman–Crippen LogP) is 1.94. The number of phenols is 1. The molecule has 3 fully saturated rings. The van der Waals surface area contributed by atoms with Gasteiger partial charge < -0.3 is 15.3 Å².